The van der Waals surface area contributed by atoms with E-state index in [9.17, 15) is 14.2 Å². The number of rotatable bonds is 9. The van der Waals surface area contributed by atoms with Gasteiger partial charge < -0.3 is 14.0 Å². The summed E-state index contributed by atoms with van der Waals surface area (Å²) in [7, 11) is -0.764. The van der Waals surface area contributed by atoms with E-state index in [0.717, 1.165) is 6.42 Å². The predicted molar refractivity (Wildman–Crippen MR) is 121 cm³/mol. The van der Waals surface area contributed by atoms with E-state index in [1.54, 1.807) is 66.2 Å². The van der Waals surface area contributed by atoms with Gasteiger partial charge in [-0.25, -0.2) is 0 Å². The highest BCUT2D eigenvalue weighted by Crippen LogP contribution is 2.54. The molecular weight excluding hydrogens is 399 g/mol. The molecule has 0 amide bonds. The lowest BCUT2D eigenvalue weighted by Crippen LogP contribution is -2.17. The fraction of sp³-hybridized carbons (Fsp3) is 0.417. The normalized spacial score (nSPS) is 11.3. The number of aryl methyl sites for hydroxylation is 4. The fourth-order valence-electron chi connectivity index (χ4n) is 3.80. The van der Waals surface area contributed by atoms with Crippen molar-refractivity contribution in [2.75, 3.05) is 20.4 Å². The van der Waals surface area contributed by atoms with Crippen molar-refractivity contribution in [1.82, 2.24) is 0 Å². The first kappa shape index (κ1) is 23.9. The number of hydrogen-bond donors (Lipinski definition) is 0. The Labute approximate surface area is 179 Å². The molecular formula is C24H31O5P. The summed E-state index contributed by atoms with van der Waals surface area (Å²) in [6, 6.07) is 6.94. The number of carbonyl (C=O) groups is 2. The summed E-state index contributed by atoms with van der Waals surface area (Å²) in [6.45, 7) is 9.07. The van der Waals surface area contributed by atoms with E-state index in [2.05, 4.69) is 0 Å². The third-order valence-corrected chi connectivity index (χ3v) is 8.10. The molecule has 2 rings (SSSR count). The Balaban J connectivity index is 2.65. The second-order valence-corrected chi connectivity index (χ2v) is 10.4. The molecule has 0 bridgehead atoms. The van der Waals surface area contributed by atoms with Crippen molar-refractivity contribution in [1.29, 1.82) is 0 Å². The Morgan fingerprint density at radius 3 is 1.37 bits per heavy atom. The maximum absolute atomic E-state index is 14.1. The molecule has 6 heteroatoms. The molecule has 0 N–H and O–H groups in total. The quantitative estimate of drug-likeness (QED) is 0.451. The first-order valence-electron chi connectivity index (χ1n) is 10.1. The minimum atomic E-state index is -3.88. The lowest BCUT2D eigenvalue weighted by molar-refractivity contribution is 0.103. The standard InChI is InChI=1S/C24H31O5P/c1-8-9-10-30(27,23(25)21-15(2)11-19(28-6)12-16(21)3)24(26)22-17(4)13-20(29-7)14-18(22)5/h11-14H,8-10H2,1-7H3. The molecule has 0 heterocycles. The molecule has 0 aliphatic heterocycles. The van der Waals surface area contributed by atoms with Crippen LogP contribution in [-0.2, 0) is 4.57 Å². The zero-order valence-electron chi connectivity index (χ0n) is 18.9. The summed E-state index contributed by atoms with van der Waals surface area (Å²) >= 11 is 0. The second-order valence-electron chi connectivity index (χ2n) is 7.70. The summed E-state index contributed by atoms with van der Waals surface area (Å²) in [4.78, 5) is 27.2. The Morgan fingerprint density at radius 2 is 1.10 bits per heavy atom. The largest absolute Gasteiger partial charge is 0.497 e. The highest BCUT2D eigenvalue weighted by atomic mass is 31.2. The van der Waals surface area contributed by atoms with Gasteiger partial charge in [0.05, 0.1) is 14.2 Å². The SMILES string of the molecule is CCCCP(=O)(C(=O)c1c(C)cc(OC)cc1C)C(=O)c1c(C)cc(OC)cc1C. The predicted octanol–water partition coefficient (Wildman–Crippen LogP) is 6.08. The van der Waals surface area contributed by atoms with Crippen molar-refractivity contribution in [3.8, 4) is 11.5 Å². The van der Waals surface area contributed by atoms with Gasteiger partial charge in [-0.1, -0.05) is 13.3 Å². The van der Waals surface area contributed by atoms with Crippen LogP contribution in [-0.4, -0.2) is 31.4 Å². The van der Waals surface area contributed by atoms with Crippen LogP contribution in [0.25, 0.3) is 0 Å². The average molecular weight is 430 g/mol. The van der Waals surface area contributed by atoms with Crippen LogP contribution in [0.4, 0.5) is 0 Å². The lowest BCUT2D eigenvalue weighted by atomic mass is 10.0. The molecule has 162 valence electrons. The van der Waals surface area contributed by atoms with Crippen LogP contribution in [0.3, 0.4) is 0 Å². The number of hydrogen-bond acceptors (Lipinski definition) is 5. The van der Waals surface area contributed by atoms with E-state index in [1.165, 1.54) is 0 Å². The number of carbonyl (C=O) groups excluding carboxylic acids is 2. The molecule has 0 aromatic heterocycles. The first-order chi connectivity index (χ1) is 14.1. The third kappa shape index (κ3) is 4.52. The maximum Gasteiger partial charge on any atom is 0.229 e. The van der Waals surface area contributed by atoms with Gasteiger partial charge in [0, 0.05) is 17.3 Å². The second kappa shape index (κ2) is 9.61. The molecule has 0 spiro atoms. The number of methoxy groups -OCH3 is 2. The first-order valence-corrected chi connectivity index (χ1v) is 12.0. The van der Waals surface area contributed by atoms with Crippen LogP contribution >= 0.6 is 7.14 Å². The summed E-state index contributed by atoms with van der Waals surface area (Å²) in [5.41, 5.74) is 2.21. The van der Waals surface area contributed by atoms with E-state index in [-0.39, 0.29) is 6.16 Å². The minimum Gasteiger partial charge on any atom is -0.497 e. The van der Waals surface area contributed by atoms with E-state index in [1.807, 2.05) is 6.92 Å². The smallest absolute Gasteiger partial charge is 0.229 e. The Morgan fingerprint density at radius 1 is 0.767 bits per heavy atom. The van der Waals surface area contributed by atoms with Crippen molar-refractivity contribution in [2.24, 2.45) is 0 Å². The Hall–Kier alpha value is -2.39. The van der Waals surface area contributed by atoms with Gasteiger partial charge in [0.2, 0.25) is 18.2 Å². The third-order valence-electron chi connectivity index (χ3n) is 5.39. The van der Waals surface area contributed by atoms with Gasteiger partial charge in [-0.2, -0.15) is 0 Å². The van der Waals surface area contributed by atoms with Gasteiger partial charge in [-0.3, -0.25) is 9.59 Å². The zero-order chi connectivity index (χ0) is 22.6. The molecule has 0 saturated carbocycles. The van der Waals surface area contributed by atoms with E-state index >= 15 is 0 Å². The van der Waals surface area contributed by atoms with Gasteiger partial charge in [0.25, 0.3) is 0 Å². The number of ether oxygens (including phenoxy) is 2. The average Bonchev–Trinajstić information content (AvgIpc) is 2.70. The summed E-state index contributed by atoms with van der Waals surface area (Å²) in [5, 5.41) is 0. The van der Waals surface area contributed by atoms with Crippen LogP contribution in [0.1, 0.15) is 62.7 Å². The summed E-state index contributed by atoms with van der Waals surface area (Å²) < 4.78 is 24.7. The number of unbranched alkanes of at least 4 members (excludes halogenated alkanes) is 1. The Bertz CT molecular complexity index is 901. The van der Waals surface area contributed by atoms with Crippen LogP contribution in [0, 0.1) is 27.7 Å². The maximum atomic E-state index is 14.1. The van der Waals surface area contributed by atoms with E-state index in [4.69, 9.17) is 9.47 Å². The highest BCUT2D eigenvalue weighted by molar-refractivity contribution is 7.95. The molecule has 0 fully saturated rings. The molecule has 0 unspecified atom stereocenters. The molecule has 0 radical (unpaired) electrons. The molecule has 30 heavy (non-hydrogen) atoms. The van der Waals surface area contributed by atoms with Crippen molar-refractivity contribution >= 4 is 18.2 Å². The molecule has 0 atom stereocenters. The summed E-state index contributed by atoms with van der Waals surface area (Å²) in [6.07, 6.45) is 1.35. The summed E-state index contributed by atoms with van der Waals surface area (Å²) in [5.74, 6) is 1.25. The van der Waals surface area contributed by atoms with Crippen molar-refractivity contribution in [2.45, 2.75) is 47.5 Å². The van der Waals surface area contributed by atoms with Gasteiger partial charge in [0.1, 0.15) is 11.5 Å². The Kier molecular flexibility index (Phi) is 7.65. The van der Waals surface area contributed by atoms with E-state index in [0.29, 0.717) is 51.3 Å². The molecule has 0 aliphatic rings. The molecule has 2 aromatic rings. The fourth-order valence-corrected chi connectivity index (χ4v) is 6.58. The van der Waals surface area contributed by atoms with Crippen molar-refractivity contribution in [3.63, 3.8) is 0 Å². The van der Waals surface area contributed by atoms with Crippen LogP contribution < -0.4 is 9.47 Å². The van der Waals surface area contributed by atoms with Crippen LogP contribution in [0.5, 0.6) is 11.5 Å². The topological polar surface area (TPSA) is 69.7 Å². The molecule has 0 saturated heterocycles. The molecule has 0 aliphatic carbocycles. The van der Waals surface area contributed by atoms with Crippen molar-refractivity contribution in [3.05, 3.63) is 57.6 Å². The monoisotopic (exact) mass is 430 g/mol. The van der Waals surface area contributed by atoms with Crippen molar-refractivity contribution < 1.29 is 23.6 Å². The van der Waals surface area contributed by atoms with Gasteiger partial charge >= 0.3 is 0 Å². The lowest BCUT2D eigenvalue weighted by Gasteiger charge is -2.21. The van der Waals surface area contributed by atoms with Gasteiger partial charge in [-0.05, 0) is 80.6 Å². The highest BCUT2D eigenvalue weighted by Gasteiger charge is 2.42. The molecule has 5 nitrogen and oxygen atoms in total. The minimum absolute atomic E-state index is 0.0665. The van der Waals surface area contributed by atoms with E-state index < -0.39 is 18.2 Å². The van der Waals surface area contributed by atoms with Gasteiger partial charge in [0.15, 0.2) is 0 Å². The zero-order valence-corrected chi connectivity index (χ0v) is 19.8. The number of benzene rings is 2. The van der Waals surface area contributed by atoms with Crippen LogP contribution in [0.15, 0.2) is 24.3 Å². The van der Waals surface area contributed by atoms with Crippen LogP contribution in [0.2, 0.25) is 0 Å². The van der Waals surface area contributed by atoms with Gasteiger partial charge in [-0.15, -0.1) is 0 Å². The molecule has 2 aromatic carbocycles.